The number of hydrogen-bond acceptors (Lipinski definition) is 3. The van der Waals surface area contributed by atoms with Crippen molar-refractivity contribution in [2.24, 2.45) is 34.0 Å². The van der Waals surface area contributed by atoms with Crippen LogP contribution in [-0.4, -0.2) is 33.6 Å². The summed E-state index contributed by atoms with van der Waals surface area (Å²) in [4.78, 5) is 0. The maximum Gasteiger partial charge on any atom is 0.0947 e. The van der Waals surface area contributed by atoms with Crippen LogP contribution in [0.25, 0.3) is 0 Å². The van der Waals surface area contributed by atoms with Gasteiger partial charge in [-0.05, 0) is 61.2 Å². The molecule has 0 amide bonds. The van der Waals surface area contributed by atoms with Crippen LogP contribution in [0.2, 0.25) is 0 Å². The summed E-state index contributed by atoms with van der Waals surface area (Å²) in [6.45, 7) is 6.92. The van der Waals surface area contributed by atoms with Crippen molar-refractivity contribution >= 4 is 0 Å². The summed E-state index contributed by atoms with van der Waals surface area (Å²) in [6.07, 6.45) is 10.0. The van der Waals surface area contributed by atoms with Crippen LogP contribution in [-0.2, 0) is 0 Å². The van der Waals surface area contributed by atoms with Crippen LogP contribution in [0.3, 0.4) is 0 Å². The van der Waals surface area contributed by atoms with Gasteiger partial charge in [-0.3, -0.25) is 0 Å². The first-order valence-electron chi connectivity index (χ1n) is 9.39. The van der Waals surface area contributed by atoms with Gasteiger partial charge in [0.05, 0.1) is 18.3 Å². The molecule has 1 spiro atoms. The lowest BCUT2D eigenvalue weighted by atomic mass is 9.37. The number of aliphatic hydroxyl groups is 3. The average Bonchev–Trinajstić information content (AvgIpc) is 2.51. The molecule has 5 aliphatic carbocycles. The van der Waals surface area contributed by atoms with Gasteiger partial charge in [0, 0.05) is 11.3 Å². The second-order valence-electron chi connectivity index (χ2n) is 9.93. The van der Waals surface area contributed by atoms with Crippen molar-refractivity contribution in [3.63, 3.8) is 0 Å². The third kappa shape index (κ3) is 1.88. The fraction of sp³-hybridized carbons (Fsp3) is 0.900. The van der Waals surface area contributed by atoms with Crippen molar-refractivity contribution in [1.82, 2.24) is 0 Å². The van der Waals surface area contributed by atoms with E-state index in [0.717, 1.165) is 32.1 Å². The Morgan fingerprint density at radius 3 is 2.52 bits per heavy atom. The van der Waals surface area contributed by atoms with Crippen LogP contribution in [0.5, 0.6) is 0 Å². The number of hydrogen-bond donors (Lipinski definition) is 3. The predicted molar refractivity (Wildman–Crippen MR) is 89.7 cm³/mol. The average molecular weight is 320 g/mol. The third-order valence-electron chi connectivity index (χ3n) is 8.57. The molecule has 7 atom stereocenters. The Morgan fingerprint density at radius 2 is 1.83 bits per heavy atom. The van der Waals surface area contributed by atoms with Gasteiger partial charge >= 0.3 is 0 Å². The lowest BCUT2D eigenvalue weighted by Crippen LogP contribution is -2.66. The molecule has 2 bridgehead atoms. The quantitative estimate of drug-likeness (QED) is 0.651. The summed E-state index contributed by atoms with van der Waals surface area (Å²) in [6, 6.07) is 0. The highest BCUT2D eigenvalue weighted by Gasteiger charge is 2.67. The number of fused-ring (bicyclic) bond motifs is 2. The van der Waals surface area contributed by atoms with E-state index in [1.165, 1.54) is 0 Å². The molecule has 0 aromatic rings. The van der Waals surface area contributed by atoms with Gasteiger partial charge in [-0.25, -0.2) is 0 Å². The van der Waals surface area contributed by atoms with Crippen LogP contribution >= 0.6 is 0 Å². The van der Waals surface area contributed by atoms with Gasteiger partial charge < -0.3 is 15.3 Å². The molecule has 0 aromatic heterocycles. The normalized spacial score (nSPS) is 57.0. The molecule has 3 nitrogen and oxygen atoms in total. The Balaban J connectivity index is 1.78. The Labute approximate surface area is 139 Å². The number of allylic oxidation sites excluding steroid dienone is 1. The molecule has 7 unspecified atom stereocenters. The van der Waals surface area contributed by atoms with Crippen molar-refractivity contribution in [3.05, 3.63) is 12.2 Å². The lowest BCUT2D eigenvalue weighted by Gasteiger charge is -2.69. The van der Waals surface area contributed by atoms with E-state index in [9.17, 15) is 15.3 Å². The van der Waals surface area contributed by atoms with Crippen LogP contribution in [0.15, 0.2) is 12.2 Å². The SMILES string of the molecule is CC1(C)CCC(O)C2(C)C1CCC13C=CC(CC12)C(O)(CO)C3. The molecule has 3 heteroatoms. The summed E-state index contributed by atoms with van der Waals surface area (Å²) in [7, 11) is 0. The number of rotatable bonds is 1. The minimum atomic E-state index is -0.955. The minimum absolute atomic E-state index is 0.0344. The fourth-order valence-electron chi connectivity index (χ4n) is 7.32. The predicted octanol–water partition coefficient (Wildman–Crippen LogP) is 2.89. The monoisotopic (exact) mass is 320 g/mol. The van der Waals surface area contributed by atoms with Crippen LogP contribution in [0.1, 0.15) is 59.3 Å². The van der Waals surface area contributed by atoms with Crippen molar-refractivity contribution in [2.75, 3.05) is 6.61 Å². The first-order valence-corrected chi connectivity index (χ1v) is 9.39. The van der Waals surface area contributed by atoms with E-state index < -0.39 is 5.60 Å². The van der Waals surface area contributed by atoms with Gasteiger partial charge in [0.1, 0.15) is 0 Å². The van der Waals surface area contributed by atoms with E-state index in [4.69, 9.17) is 0 Å². The Hall–Kier alpha value is -0.380. The van der Waals surface area contributed by atoms with Gasteiger partial charge in [0.2, 0.25) is 0 Å². The second-order valence-corrected chi connectivity index (χ2v) is 9.93. The summed E-state index contributed by atoms with van der Waals surface area (Å²) >= 11 is 0. The summed E-state index contributed by atoms with van der Waals surface area (Å²) in [5, 5.41) is 31.7. The summed E-state index contributed by atoms with van der Waals surface area (Å²) < 4.78 is 0. The van der Waals surface area contributed by atoms with E-state index in [0.29, 0.717) is 18.3 Å². The molecule has 23 heavy (non-hydrogen) atoms. The molecule has 0 aliphatic heterocycles. The molecule has 0 saturated heterocycles. The summed E-state index contributed by atoms with van der Waals surface area (Å²) in [5.74, 6) is 1.00. The smallest absolute Gasteiger partial charge is 0.0947 e. The van der Waals surface area contributed by atoms with Crippen LogP contribution in [0, 0.1) is 34.0 Å². The molecule has 0 radical (unpaired) electrons. The van der Waals surface area contributed by atoms with Gasteiger partial charge in [-0.15, -0.1) is 0 Å². The highest BCUT2D eigenvalue weighted by molar-refractivity contribution is 5.26. The van der Waals surface area contributed by atoms with E-state index >= 15 is 0 Å². The Bertz CT molecular complexity index is 541. The second kappa shape index (κ2) is 4.62. The molecule has 3 fully saturated rings. The van der Waals surface area contributed by atoms with Gasteiger partial charge in [0.25, 0.3) is 0 Å². The molecular weight excluding hydrogens is 288 g/mol. The minimum Gasteiger partial charge on any atom is -0.393 e. The molecule has 130 valence electrons. The van der Waals surface area contributed by atoms with Crippen LogP contribution in [0.4, 0.5) is 0 Å². The lowest BCUT2D eigenvalue weighted by molar-refractivity contribution is -0.230. The highest BCUT2D eigenvalue weighted by atomic mass is 16.3. The molecule has 5 aliphatic rings. The molecule has 0 heterocycles. The van der Waals surface area contributed by atoms with Crippen molar-refractivity contribution in [2.45, 2.75) is 71.0 Å². The van der Waals surface area contributed by atoms with Crippen molar-refractivity contribution in [1.29, 1.82) is 0 Å². The van der Waals surface area contributed by atoms with E-state index in [1.54, 1.807) is 0 Å². The first kappa shape index (κ1) is 16.1. The van der Waals surface area contributed by atoms with Crippen LogP contribution < -0.4 is 0 Å². The maximum atomic E-state index is 11.0. The van der Waals surface area contributed by atoms with Gasteiger partial charge in [-0.2, -0.15) is 0 Å². The van der Waals surface area contributed by atoms with E-state index in [-0.39, 0.29) is 34.9 Å². The van der Waals surface area contributed by atoms with Crippen molar-refractivity contribution < 1.29 is 15.3 Å². The maximum absolute atomic E-state index is 11.0. The molecular formula is C20H32O3. The zero-order valence-electron chi connectivity index (χ0n) is 14.8. The first-order chi connectivity index (χ1) is 10.7. The summed E-state index contributed by atoms with van der Waals surface area (Å²) in [5.41, 5.74) is -0.779. The molecule has 0 aromatic carbocycles. The standard InChI is InChI=1S/C20H32O3/c1-17(2)7-6-16(22)18(3)14(17)5-9-19-8-4-13(10-15(18)19)20(23,11-19)12-21/h4,8,13-16,21-23H,5-7,9-12H2,1-3H3. The fourth-order valence-corrected chi connectivity index (χ4v) is 7.32. The zero-order valence-corrected chi connectivity index (χ0v) is 14.8. The molecule has 3 saturated carbocycles. The van der Waals surface area contributed by atoms with E-state index in [2.05, 4.69) is 32.9 Å². The molecule has 3 N–H and O–H groups in total. The third-order valence-corrected chi connectivity index (χ3v) is 8.57. The largest absolute Gasteiger partial charge is 0.393 e. The molecule has 5 rings (SSSR count). The van der Waals surface area contributed by atoms with Gasteiger partial charge in [-0.1, -0.05) is 32.9 Å². The number of aliphatic hydroxyl groups excluding tert-OH is 2. The Kier molecular flexibility index (Phi) is 3.23. The highest BCUT2D eigenvalue weighted by Crippen LogP contribution is 2.70. The zero-order chi connectivity index (χ0) is 16.7. The topological polar surface area (TPSA) is 60.7 Å². The van der Waals surface area contributed by atoms with E-state index in [1.807, 2.05) is 0 Å². The van der Waals surface area contributed by atoms with Crippen molar-refractivity contribution in [3.8, 4) is 0 Å². The Morgan fingerprint density at radius 1 is 1.09 bits per heavy atom. The van der Waals surface area contributed by atoms with Gasteiger partial charge in [0.15, 0.2) is 0 Å².